The number of nitrogens with zero attached hydrogens (tertiary/aromatic N) is 1. The van der Waals surface area contributed by atoms with Crippen molar-refractivity contribution in [3.05, 3.63) is 59.9 Å². The Morgan fingerprint density at radius 2 is 1.58 bits per heavy atom. The maximum Gasteiger partial charge on any atom is 0.416 e. The lowest BCUT2D eigenvalue weighted by molar-refractivity contribution is -0.137. The quantitative estimate of drug-likeness (QED) is 0.905. The average molecular weight is 266 g/mol. The molecule has 0 spiro atoms. The normalized spacial score (nSPS) is 11.1. The van der Waals surface area contributed by atoms with Crippen molar-refractivity contribution in [2.75, 3.05) is 5.32 Å². The van der Waals surface area contributed by atoms with Gasteiger partial charge in [-0.15, -0.1) is 0 Å². The van der Waals surface area contributed by atoms with Gasteiger partial charge in [0.1, 0.15) is 0 Å². The third kappa shape index (κ3) is 3.31. The summed E-state index contributed by atoms with van der Waals surface area (Å²) in [6, 6.07) is 7.20. The number of aromatic nitrogens is 1. The molecule has 0 radical (unpaired) electrons. The number of carbonyl (C=O) groups excluding carboxylic acids is 1. The number of alkyl halides is 3. The molecule has 2 rings (SSSR count). The van der Waals surface area contributed by atoms with Crippen molar-refractivity contribution in [1.29, 1.82) is 0 Å². The van der Waals surface area contributed by atoms with E-state index in [1.54, 1.807) is 12.1 Å². The Bertz CT molecular complexity index is 565. The van der Waals surface area contributed by atoms with Crippen LogP contribution in [0.2, 0.25) is 0 Å². The largest absolute Gasteiger partial charge is 0.416 e. The Kier molecular flexibility index (Phi) is 3.50. The fraction of sp³-hybridized carbons (Fsp3) is 0.0769. The van der Waals surface area contributed by atoms with Crippen LogP contribution in [0.1, 0.15) is 15.9 Å². The maximum atomic E-state index is 12.4. The second-order valence-corrected chi connectivity index (χ2v) is 3.77. The molecule has 0 atom stereocenters. The van der Waals surface area contributed by atoms with Gasteiger partial charge in [-0.05, 0) is 36.4 Å². The zero-order valence-corrected chi connectivity index (χ0v) is 9.61. The molecule has 6 heteroatoms. The average Bonchev–Trinajstić information content (AvgIpc) is 2.39. The van der Waals surface area contributed by atoms with Gasteiger partial charge in [0.25, 0.3) is 5.91 Å². The van der Waals surface area contributed by atoms with Crippen LogP contribution in [0.4, 0.5) is 18.9 Å². The van der Waals surface area contributed by atoms with Crippen LogP contribution >= 0.6 is 0 Å². The molecular formula is C13H9F3N2O. The number of hydrogen-bond donors (Lipinski definition) is 1. The minimum atomic E-state index is -4.40. The van der Waals surface area contributed by atoms with Gasteiger partial charge in [0.2, 0.25) is 0 Å². The maximum absolute atomic E-state index is 12.4. The highest BCUT2D eigenvalue weighted by atomic mass is 19.4. The molecule has 0 bridgehead atoms. The lowest BCUT2D eigenvalue weighted by Crippen LogP contribution is -2.12. The Morgan fingerprint density at radius 1 is 1.00 bits per heavy atom. The molecular weight excluding hydrogens is 257 g/mol. The lowest BCUT2D eigenvalue weighted by Gasteiger charge is -2.08. The predicted molar refractivity (Wildman–Crippen MR) is 63.6 cm³/mol. The smallest absolute Gasteiger partial charge is 0.322 e. The lowest BCUT2D eigenvalue weighted by atomic mass is 10.1. The third-order valence-corrected chi connectivity index (χ3v) is 2.41. The van der Waals surface area contributed by atoms with Gasteiger partial charge in [-0.25, -0.2) is 0 Å². The molecule has 1 aromatic heterocycles. The second kappa shape index (κ2) is 5.09. The fourth-order valence-corrected chi connectivity index (χ4v) is 1.45. The van der Waals surface area contributed by atoms with Crippen molar-refractivity contribution in [2.45, 2.75) is 6.18 Å². The van der Waals surface area contributed by atoms with Gasteiger partial charge in [-0.1, -0.05) is 0 Å². The molecule has 2 aromatic rings. The summed E-state index contributed by atoms with van der Waals surface area (Å²) in [5.74, 6) is -0.472. The number of benzene rings is 1. The van der Waals surface area contributed by atoms with E-state index in [2.05, 4.69) is 10.3 Å². The molecule has 0 aliphatic carbocycles. The molecule has 0 aliphatic rings. The monoisotopic (exact) mass is 266 g/mol. The predicted octanol–water partition coefficient (Wildman–Crippen LogP) is 3.35. The summed E-state index contributed by atoms with van der Waals surface area (Å²) in [5, 5.41) is 2.56. The summed E-state index contributed by atoms with van der Waals surface area (Å²) < 4.78 is 37.1. The summed E-state index contributed by atoms with van der Waals surface area (Å²) in [7, 11) is 0. The minimum absolute atomic E-state index is 0.157. The van der Waals surface area contributed by atoms with E-state index in [-0.39, 0.29) is 5.56 Å². The number of halogens is 3. The van der Waals surface area contributed by atoms with Gasteiger partial charge < -0.3 is 5.32 Å². The number of amides is 1. The van der Waals surface area contributed by atoms with Crippen LogP contribution in [0.5, 0.6) is 0 Å². The molecule has 0 unspecified atom stereocenters. The first kappa shape index (κ1) is 13.1. The molecule has 0 saturated heterocycles. The van der Waals surface area contributed by atoms with Crippen molar-refractivity contribution < 1.29 is 18.0 Å². The van der Waals surface area contributed by atoms with E-state index in [1.165, 1.54) is 12.4 Å². The van der Waals surface area contributed by atoms with Gasteiger partial charge in [0.15, 0.2) is 0 Å². The van der Waals surface area contributed by atoms with Crippen molar-refractivity contribution in [2.24, 2.45) is 0 Å². The second-order valence-electron chi connectivity index (χ2n) is 3.77. The van der Waals surface area contributed by atoms with Crippen LogP contribution in [-0.2, 0) is 6.18 Å². The van der Waals surface area contributed by atoms with Crippen LogP contribution in [0.25, 0.3) is 0 Å². The van der Waals surface area contributed by atoms with Crippen molar-refractivity contribution in [3.63, 3.8) is 0 Å². The number of hydrogen-bond acceptors (Lipinski definition) is 2. The van der Waals surface area contributed by atoms with Gasteiger partial charge in [-0.2, -0.15) is 13.2 Å². The first-order valence-corrected chi connectivity index (χ1v) is 5.35. The summed E-state index contributed by atoms with van der Waals surface area (Å²) in [6.45, 7) is 0. The highest BCUT2D eigenvalue weighted by molar-refractivity contribution is 6.04. The van der Waals surface area contributed by atoms with E-state index in [0.29, 0.717) is 5.69 Å². The highest BCUT2D eigenvalue weighted by Crippen LogP contribution is 2.29. The van der Waals surface area contributed by atoms with Crippen LogP contribution in [0.15, 0.2) is 48.8 Å². The molecule has 19 heavy (non-hydrogen) atoms. The van der Waals surface area contributed by atoms with Crippen LogP contribution in [-0.4, -0.2) is 10.9 Å². The topological polar surface area (TPSA) is 42.0 Å². The zero-order chi connectivity index (χ0) is 13.9. The molecule has 98 valence electrons. The van der Waals surface area contributed by atoms with Gasteiger partial charge in [0, 0.05) is 23.6 Å². The Labute approximate surface area is 107 Å². The molecule has 0 aliphatic heterocycles. The number of anilines is 1. The summed E-state index contributed by atoms with van der Waals surface area (Å²) in [5.41, 5.74) is -0.0994. The molecule has 0 saturated carbocycles. The number of rotatable bonds is 2. The van der Waals surface area contributed by atoms with E-state index < -0.39 is 17.6 Å². The van der Waals surface area contributed by atoms with Crippen LogP contribution < -0.4 is 5.32 Å². The SMILES string of the molecule is O=C(Nc1ccncc1)c1ccc(C(F)(F)F)cc1. The minimum Gasteiger partial charge on any atom is -0.322 e. The number of carbonyl (C=O) groups is 1. The first-order valence-electron chi connectivity index (χ1n) is 5.35. The van der Waals surface area contributed by atoms with Crippen LogP contribution in [0, 0.1) is 0 Å². The molecule has 0 fully saturated rings. The fourth-order valence-electron chi connectivity index (χ4n) is 1.45. The first-order chi connectivity index (χ1) is 8.97. The van der Waals surface area contributed by atoms with Gasteiger partial charge in [-0.3, -0.25) is 9.78 Å². The number of pyridine rings is 1. The van der Waals surface area contributed by atoms with Crippen molar-refractivity contribution in [3.8, 4) is 0 Å². The number of nitrogens with one attached hydrogen (secondary N) is 1. The zero-order valence-electron chi connectivity index (χ0n) is 9.61. The summed E-state index contributed by atoms with van der Waals surface area (Å²) in [4.78, 5) is 15.6. The highest BCUT2D eigenvalue weighted by Gasteiger charge is 2.30. The summed E-state index contributed by atoms with van der Waals surface area (Å²) in [6.07, 6.45) is -1.40. The Morgan fingerprint density at radius 3 is 2.11 bits per heavy atom. The molecule has 1 heterocycles. The van der Waals surface area contributed by atoms with Crippen molar-refractivity contribution in [1.82, 2.24) is 4.98 Å². The van der Waals surface area contributed by atoms with Crippen LogP contribution in [0.3, 0.4) is 0 Å². The standard InChI is InChI=1S/C13H9F3N2O/c14-13(15,16)10-3-1-9(2-4-10)12(19)18-11-5-7-17-8-6-11/h1-8H,(H,17,18,19). The van der Waals surface area contributed by atoms with Gasteiger partial charge >= 0.3 is 6.18 Å². The third-order valence-electron chi connectivity index (χ3n) is 2.41. The Balaban J connectivity index is 2.12. The molecule has 1 aromatic carbocycles. The Hall–Kier alpha value is -2.37. The van der Waals surface area contributed by atoms with Crippen molar-refractivity contribution >= 4 is 11.6 Å². The van der Waals surface area contributed by atoms with E-state index in [4.69, 9.17) is 0 Å². The molecule has 1 N–H and O–H groups in total. The van der Waals surface area contributed by atoms with E-state index in [9.17, 15) is 18.0 Å². The van der Waals surface area contributed by atoms with E-state index >= 15 is 0 Å². The van der Waals surface area contributed by atoms with Gasteiger partial charge in [0.05, 0.1) is 5.56 Å². The molecule has 3 nitrogen and oxygen atoms in total. The van der Waals surface area contributed by atoms with E-state index in [0.717, 1.165) is 24.3 Å². The van der Waals surface area contributed by atoms with E-state index in [1.807, 2.05) is 0 Å². The summed E-state index contributed by atoms with van der Waals surface area (Å²) >= 11 is 0. The molecule has 1 amide bonds.